The predicted octanol–water partition coefficient (Wildman–Crippen LogP) is 6.27. The summed E-state index contributed by atoms with van der Waals surface area (Å²) in [5.41, 5.74) is 0.469. The summed E-state index contributed by atoms with van der Waals surface area (Å²) in [5.74, 6) is 1.48. The van der Waals surface area contributed by atoms with E-state index >= 15 is 4.39 Å². The fraction of sp³-hybridized carbons (Fsp3) is 0.333. The molecule has 0 spiro atoms. The molecule has 0 aromatic heterocycles. The average molecular weight is 456 g/mol. The van der Waals surface area contributed by atoms with Gasteiger partial charge in [0.2, 0.25) is 0 Å². The summed E-state index contributed by atoms with van der Waals surface area (Å²) in [7, 11) is 0. The summed E-state index contributed by atoms with van der Waals surface area (Å²) < 4.78 is 27.8. The van der Waals surface area contributed by atoms with E-state index in [4.69, 9.17) is 9.47 Å². The van der Waals surface area contributed by atoms with Crippen molar-refractivity contribution in [1.82, 2.24) is 4.90 Å². The van der Waals surface area contributed by atoms with Crippen molar-refractivity contribution in [1.29, 1.82) is 0 Å². The molecule has 2 unspecified atom stereocenters. The molecule has 170 valence electrons. The lowest BCUT2D eigenvalue weighted by atomic mass is 9.78. The SMILES string of the molecule is CC1CN(CCOc2ccccc2)CCC1(F)c1cccc(OCc2ccccc2)c1.Cl. The molecule has 1 aliphatic rings. The van der Waals surface area contributed by atoms with Crippen LogP contribution in [0.3, 0.4) is 0 Å². The Balaban J connectivity index is 0.00000289. The topological polar surface area (TPSA) is 21.7 Å². The zero-order chi connectivity index (χ0) is 21.5. The fourth-order valence-electron chi connectivity index (χ4n) is 4.22. The molecule has 3 aromatic rings. The zero-order valence-electron chi connectivity index (χ0n) is 18.5. The maximum atomic E-state index is 16.1. The fourth-order valence-corrected chi connectivity index (χ4v) is 4.22. The molecule has 0 N–H and O–H groups in total. The number of hydrogen-bond donors (Lipinski definition) is 0. The smallest absolute Gasteiger partial charge is 0.141 e. The summed E-state index contributed by atoms with van der Waals surface area (Å²) in [4.78, 5) is 2.29. The molecule has 0 aliphatic carbocycles. The number of alkyl halides is 1. The van der Waals surface area contributed by atoms with Gasteiger partial charge in [-0.2, -0.15) is 0 Å². The van der Waals surface area contributed by atoms with Crippen LogP contribution in [0.4, 0.5) is 4.39 Å². The zero-order valence-corrected chi connectivity index (χ0v) is 19.3. The normalized spacial score (nSPS) is 20.9. The minimum atomic E-state index is -1.34. The highest BCUT2D eigenvalue weighted by atomic mass is 35.5. The quantitative estimate of drug-likeness (QED) is 0.399. The largest absolute Gasteiger partial charge is 0.492 e. The van der Waals surface area contributed by atoms with Crippen LogP contribution in [0.5, 0.6) is 11.5 Å². The van der Waals surface area contributed by atoms with Crippen LogP contribution in [0.2, 0.25) is 0 Å². The molecule has 3 nitrogen and oxygen atoms in total. The molecular weight excluding hydrogens is 425 g/mol. The number of benzene rings is 3. The highest BCUT2D eigenvalue weighted by Gasteiger charge is 2.42. The molecule has 1 aliphatic heterocycles. The van der Waals surface area contributed by atoms with E-state index in [9.17, 15) is 0 Å². The summed E-state index contributed by atoms with van der Waals surface area (Å²) in [6.45, 7) is 5.32. The Labute approximate surface area is 196 Å². The van der Waals surface area contributed by atoms with Crippen molar-refractivity contribution < 1.29 is 13.9 Å². The van der Waals surface area contributed by atoms with Crippen molar-refractivity contribution in [3.8, 4) is 11.5 Å². The molecule has 32 heavy (non-hydrogen) atoms. The van der Waals surface area contributed by atoms with Gasteiger partial charge in [-0.1, -0.05) is 67.6 Å². The molecular formula is C27H31ClFNO2. The third-order valence-electron chi connectivity index (χ3n) is 6.09. The van der Waals surface area contributed by atoms with Crippen molar-refractivity contribution in [3.63, 3.8) is 0 Å². The van der Waals surface area contributed by atoms with Crippen LogP contribution in [0.15, 0.2) is 84.9 Å². The number of rotatable bonds is 8. The lowest BCUT2D eigenvalue weighted by molar-refractivity contribution is -0.00218. The first-order valence-electron chi connectivity index (χ1n) is 11.0. The summed E-state index contributed by atoms with van der Waals surface area (Å²) in [6, 6.07) is 27.4. The summed E-state index contributed by atoms with van der Waals surface area (Å²) in [5, 5.41) is 0. The Bertz CT molecular complexity index is 956. The summed E-state index contributed by atoms with van der Waals surface area (Å²) in [6.07, 6.45) is 0.474. The Morgan fingerprint density at radius 1 is 0.906 bits per heavy atom. The monoisotopic (exact) mass is 455 g/mol. The second-order valence-corrected chi connectivity index (χ2v) is 8.28. The molecule has 0 radical (unpaired) electrons. The van der Waals surface area contributed by atoms with E-state index in [2.05, 4.69) is 4.90 Å². The number of hydrogen-bond acceptors (Lipinski definition) is 3. The number of nitrogens with zero attached hydrogens (tertiary/aromatic N) is 1. The van der Waals surface area contributed by atoms with Gasteiger partial charge >= 0.3 is 0 Å². The van der Waals surface area contributed by atoms with Crippen molar-refractivity contribution in [2.24, 2.45) is 5.92 Å². The van der Waals surface area contributed by atoms with Gasteiger partial charge in [-0.25, -0.2) is 4.39 Å². The van der Waals surface area contributed by atoms with Gasteiger partial charge in [-0.3, -0.25) is 4.90 Å². The van der Waals surface area contributed by atoms with Gasteiger partial charge in [0.05, 0.1) is 0 Å². The first-order chi connectivity index (χ1) is 15.1. The van der Waals surface area contributed by atoms with Crippen LogP contribution in [0.25, 0.3) is 0 Å². The second-order valence-electron chi connectivity index (χ2n) is 8.28. The molecule has 1 saturated heterocycles. The van der Waals surface area contributed by atoms with Gasteiger partial charge in [-0.05, 0) is 41.8 Å². The molecule has 1 fully saturated rings. The first-order valence-corrected chi connectivity index (χ1v) is 11.0. The molecule has 0 bridgehead atoms. The van der Waals surface area contributed by atoms with Gasteiger partial charge in [-0.15, -0.1) is 12.4 Å². The lowest BCUT2D eigenvalue weighted by Gasteiger charge is -2.41. The second kappa shape index (κ2) is 11.3. The van der Waals surface area contributed by atoms with E-state index in [1.165, 1.54) is 0 Å². The van der Waals surface area contributed by atoms with Gasteiger partial charge in [0.25, 0.3) is 0 Å². The van der Waals surface area contributed by atoms with Crippen molar-refractivity contribution in [2.45, 2.75) is 25.6 Å². The number of likely N-dealkylation sites (tertiary alicyclic amines) is 1. The van der Waals surface area contributed by atoms with E-state index in [0.717, 1.165) is 17.9 Å². The van der Waals surface area contributed by atoms with Crippen LogP contribution in [0.1, 0.15) is 24.5 Å². The number of halogens is 2. The highest BCUT2D eigenvalue weighted by Crippen LogP contribution is 2.42. The average Bonchev–Trinajstić information content (AvgIpc) is 2.82. The Morgan fingerprint density at radius 2 is 1.59 bits per heavy atom. The van der Waals surface area contributed by atoms with E-state index in [-0.39, 0.29) is 18.3 Å². The molecule has 1 heterocycles. The molecule has 2 atom stereocenters. The highest BCUT2D eigenvalue weighted by molar-refractivity contribution is 5.85. The van der Waals surface area contributed by atoms with E-state index in [0.29, 0.717) is 44.0 Å². The van der Waals surface area contributed by atoms with Gasteiger partial charge < -0.3 is 9.47 Å². The number of ether oxygens (including phenoxy) is 2. The van der Waals surface area contributed by atoms with Crippen LogP contribution in [0, 0.1) is 5.92 Å². The standard InChI is InChI=1S/C27H30FNO2.ClH/c1-22-20-29(17-18-30-25-12-6-3-7-13-25)16-15-27(22,28)24-11-8-14-26(19-24)31-21-23-9-4-2-5-10-23;/h2-14,19,22H,15-18,20-21H2,1H3;1H. The Hall–Kier alpha value is -2.56. The van der Waals surface area contributed by atoms with E-state index < -0.39 is 5.67 Å². The van der Waals surface area contributed by atoms with Crippen molar-refractivity contribution in [2.75, 3.05) is 26.2 Å². The predicted molar refractivity (Wildman–Crippen MR) is 129 cm³/mol. The van der Waals surface area contributed by atoms with Gasteiger partial charge in [0.1, 0.15) is 30.4 Å². The van der Waals surface area contributed by atoms with E-state index in [1.54, 1.807) is 0 Å². The van der Waals surface area contributed by atoms with Crippen molar-refractivity contribution in [3.05, 3.63) is 96.1 Å². The number of piperidine rings is 1. The van der Waals surface area contributed by atoms with Gasteiger partial charge in [0.15, 0.2) is 0 Å². The Morgan fingerprint density at radius 3 is 2.31 bits per heavy atom. The van der Waals surface area contributed by atoms with Gasteiger partial charge in [0, 0.05) is 25.6 Å². The third kappa shape index (κ3) is 6.02. The Kier molecular flexibility index (Phi) is 8.54. The van der Waals surface area contributed by atoms with Crippen LogP contribution in [-0.2, 0) is 12.3 Å². The summed E-state index contributed by atoms with van der Waals surface area (Å²) >= 11 is 0. The van der Waals surface area contributed by atoms with E-state index in [1.807, 2.05) is 91.9 Å². The molecule has 4 rings (SSSR count). The minimum Gasteiger partial charge on any atom is -0.492 e. The molecule has 0 amide bonds. The maximum Gasteiger partial charge on any atom is 0.141 e. The first kappa shape index (κ1) is 24.1. The van der Waals surface area contributed by atoms with Crippen molar-refractivity contribution >= 4 is 12.4 Å². The molecule has 3 aromatic carbocycles. The van der Waals surface area contributed by atoms with Crippen LogP contribution < -0.4 is 9.47 Å². The van der Waals surface area contributed by atoms with Crippen LogP contribution in [-0.4, -0.2) is 31.1 Å². The molecule has 5 heteroatoms. The number of para-hydroxylation sites is 1. The third-order valence-corrected chi connectivity index (χ3v) is 6.09. The molecule has 0 saturated carbocycles. The lowest BCUT2D eigenvalue weighted by Crippen LogP contribution is -2.47. The minimum absolute atomic E-state index is 0. The maximum absolute atomic E-state index is 16.1. The van der Waals surface area contributed by atoms with Crippen LogP contribution >= 0.6 is 12.4 Å².